The minimum atomic E-state index is -0.321. The summed E-state index contributed by atoms with van der Waals surface area (Å²) in [6, 6.07) is 19.4. The van der Waals surface area contributed by atoms with Crippen LogP contribution in [-0.4, -0.2) is 47.9 Å². The second-order valence-corrected chi connectivity index (χ2v) is 9.13. The maximum atomic E-state index is 13.7. The number of hydrogen-bond acceptors (Lipinski definition) is 4. The lowest BCUT2D eigenvalue weighted by molar-refractivity contribution is -0.0331. The van der Waals surface area contributed by atoms with Gasteiger partial charge in [0.2, 0.25) is 0 Å². The van der Waals surface area contributed by atoms with E-state index in [1.165, 1.54) is 28.3 Å². The largest absolute Gasteiger partial charge is 0.448 e. The summed E-state index contributed by atoms with van der Waals surface area (Å²) in [5, 5.41) is 0. The number of halogens is 1. The molecule has 6 rings (SSSR count). The van der Waals surface area contributed by atoms with Gasteiger partial charge in [0.05, 0.1) is 36.7 Å². The van der Waals surface area contributed by atoms with Gasteiger partial charge in [0.15, 0.2) is 0 Å². The Hall–Kier alpha value is -3.51. The van der Waals surface area contributed by atoms with Gasteiger partial charge in [-0.05, 0) is 53.3 Å². The number of rotatable bonds is 3. The molecule has 2 atom stereocenters. The highest BCUT2D eigenvalue weighted by atomic mass is 19.1. The van der Waals surface area contributed by atoms with Gasteiger partial charge in [-0.3, -0.25) is 9.88 Å². The Labute approximate surface area is 197 Å². The number of amides is 1. The van der Waals surface area contributed by atoms with Gasteiger partial charge in [0.25, 0.3) is 0 Å². The first-order valence-corrected chi connectivity index (χ1v) is 11.7. The highest BCUT2D eigenvalue weighted by Gasteiger charge is 2.40. The molecule has 5 nitrogen and oxygen atoms in total. The SMILES string of the molecule is Cc1nc(C2=CC3COCC(C2)N3C(=O)OCC2c3ccccc3-c3ccccc32)ccc1F. The van der Waals surface area contributed by atoms with E-state index in [0.29, 0.717) is 31.9 Å². The number of aromatic nitrogens is 1. The number of carbonyl (C=O) groups is 1. The van der Waals surface area contributed by atoms with E-state index in [0.717, 1.165) is 11.3 Å². The third kappa shape index (κ3) is 3.49. The minimum Gasteiger partial charge on any atom is -0.448 e. The molecular formula is C28H25FN2O3. The van der Waals surface area contributed by atoms with E-state index >= 15 is 0 Å². The van der Waals surface area contributed by atoms with Crippen LogP contribution >= 0.6 is 0 Å². The molecule has 2 aliphatic heterocycles. The van der Waals surface area contributed by atoms with Crippen molar-refractivity contribution in [1.82, 2.24) is 9.88 Å². The fourth-order valence-electron chi connectivity index (χ4n) is 5.46. The van der Waals surface area contributed by atoms with Crippen molar-refractivity contribution in [3.8, 4) is 11.1 Å². The summed E-state index contributed by atoms with van der Waals surface area (Å²) in [7, 11) is 0. The zero-order chi connectivity index (χ0) is 23.2. The molecule has 1 aliphatic carbocycles. The van der Waals surface area contributed by atoms with Crippen LogP contribution in [0.2, 0.25) is 0 Å². The molecule has 1 fully saturated rings. The second kappa shape index (κ2) is 8.37. The number of aryl methyl sites for hydroxylation is 1. The highest BCUT2D eigenvalue weighted by molar-refractivity contribution is 5.79. The van der Waals surface area contributed by atoms with Crippen LogP contribution in [0.1, 0.15) is 34.9 Å². The van der Waals surface area contributed by atoms with E-state index in [9.17, 15) is 9.18 Å². The number of fused-ring (bicyclic) bond motifs is 5. The summed E-state index contributed by atoms with van der Waals surface area (Å²) in [5.41, 5.74) is 6.94. The van der Waals surface area contributed by atoms with Crippen LogP contribution in [0.15, 0.2) is 66.7 Å². The van der Waals surface area contributed by atoms with Crippen molar-refractivity contribution >= 4 is 11.7 Å². The average molecular weight is 457 g/mol. The van der Waals surface area contributed by atoms with Crippen LogP contribution in [0.3, 0.4) is 0 Å². The maximum absolute atomic E-state index is 13.7. The molecule has 1 saturated heterocycles. The standard InChI is InChI=1S/C28H25FN2O3/c1-17-26(29)10-11-27(30-17)18-12-19-14-33-15-20(13-18)31(19)28(32)34-16-25-23-8-4-2-6-21(23)22-7-3-5-9-24(22)25/h2-12,19-20,25H,13-16H2,1H3. The molecular weight excluding hydrogens is 431 g/mol. The predicted octanol–water partition coefficient (Wildman–Crippen LogP) is 5.33. The summed E-state index contributed by atoms with van der Waals surface area (Å²) >= 11 is 0. The number of benzene rings is 2. The molecule has 0 N–H and O–H groups in total. The van der Waals surface area contributed by atoms with Crippen LogP contribution in [0.5, 0.6) is 0 Å². The van der Waals surface area contributed by atoms with Crippen LogP contribution in [0.4, 0.5) is 9.18 Å². The van der Waals surface area contributed by atoms with Gasteiger partial charge in [-0.15, -0.1) is 0 Å². The highest BCUT2D eigenvalue weighted by Crippen LogP contribution is 2.44. The van der Waals surface area contributed by atoms with E-state index in [-0.39, 0.29) is 29.9 Å². The van der Waals surface area contributed by atoms with Crippen molar-refractivity contribution in [1.29, 1.82) is 0 Å². The summed E-state index contributed by atoms with van der Waals surface area (Å²) in [4.78, 5) is 19.5. The molecule has 2 aromatic carbocycles. The molecule has 2 unspecified atom stereocenters. The van der Waals surface area contributed by atoms with Crippen LogP contribution in [0.25, 0.3) is 16.7 Å². The van der Waals surface area contributed by atoms with Gasteiger partial charge in [-0.25, -0.2) is 9.18 Å². The molecule has 1 aromatic heterocycles. The van der Waals surface area contributed by atoms with Crippen molar-refractivity contribution in [2.75, 3.05) is 19.8 Å². The van der Waals surface area contributed by atoms with Crippen molar-refractivity contribution in [2.24, 2.45) is 0 Å². The van der Waals surface area contributed by atoms with Gasteiger partial charge >= 0.3 is 6.09 Å². The number of morpholine rings is 1. The second-order valence-electron chi connectivity index (χ2n) is 9.13. The first kappa shape index (κ1) is 21.1. The number of ether oxygens (including phenoxy) is 2. The molecule has 6 heteroatoms. The minimum absolute atomic E-state index is 0.0229. The van der Waals surface area contributed by atoms with Crippen molar-refractivity contribution < 1.29 is 18.7 Å². The Bertz CT molecular complexity index is 1260. The lowest BCUT2D eigenvalue weighted by Crippen LogP contribution is -2.56. The molecule has 3 aliphatic rings. The summed E-state index contributed by atoms with van der Waals surface area (Å²) in [6.45, 7) is 2.80. The zero-order valence-corrected chi connectivity index (χ0v) is 18.9. The lowest BCUT2D eigenvalue weighted by Gasteiger charge is -2.43. The Morgan fingerprint density at radius 3 is 2.44 bits per heavy atom. The molecule has 2 bridgehead atoms. The molecule has 0 saturated carbocycles. The van der Waals surface area contributed by atoms with Gasteiger partial charge in [-0.1, -0.05) is 54.6 Å². The van der Waals surface area contributed by atoms with Gasteiger partial charge in [0.1, 0.15) is 12.4 Å². The quantitative estimate of drug-likeness (QED) is 0.534. The first-order chi connectivity index (χ1) is 16.6. The van der Waals surface area contributed by atoms with Crippen molar-refractivity contribution in [3.63, 3.8) is 0 Å². The molecule has 34 heavy (non-hydrogen) atoms. The van der Waals surface area contributed by atoms with E-state index in [1.54, 1.807) is 17.9 Å². The maximum Gasteiger partial charge on any atom is 0.410 e. The van der Waals surface area contributed by atoms with Crippen LogP contribution in [-0.2, 0) is 9.47 Å². The number of hydrogen-bond donors (Lipinski definition) is 0. The van der Waals surface area contributed by atoms with E-state index in [1.807, 2.05) is 30.3 Å². The number of nitrogens with zero attached hydrogens (tertiary/aromatic N) is 2. The van der Waals surface area contributed by atoms with Crippen LogP contribution < -0.4 is 0 Å². The summed E-state index contributed by atoms with van der Waals surface area (Å²) in [6.07, 6.45) is 2.29. The monoisotopic (exact) mass is 456 g/mol. The van der Waals surface area contributed by atoms with E-state index in [2.05, 4.69) is 29.2 Å². The van der Waals surface area contributed by atoms with Crippen LogP contribution in [0, 0.1) is 12.7 Å². The molecule has 0 radical (unpaired) electrons. The fourth-order valence-corrected chi connectivity index (χ4v) is 5.46. The van der Waals surface area contributed by atoms with E-state index in [4.69, 9.17) is 9.47 Å². The Morgan fingerprint density at radius 1 is 1.06 bits per heavy atom. The average Bonchev–Trinajstić information content (AvgIpc) is 3.17. The zero-order valence-electron chi connectivity index (χ0n) is 18.9. The molecule has 3 aromatic rings. The van der Waals surface area contributed by atoms with Gasteiger partial charge < -0.3 is 9.47 Å². The van der Waals surface area contributed by atoms with E-state index < -0.39 is 0 Å². The summed E-state index contributed by atoms with van der Waals surface area (Å²) < 4.78 is 25.4. The Kier molecular flexibility index (Phi) is 5.18. The van der Waals surface area contributed by atoms with Crippen molar-refractivity contribution in [2.45, 2.75) is 31.3 Å². The topological polar surface area (TPSA) is 51.7 Å². The number of carbonyl (C=O) groups excluding carboxylic acids is 1. The molecule has 0 spiro atoms. The smallest absolute Gasteiger partial charge is 0.410 e. The Balaban J connectivity index is 1.22. The third-order valence-electron chi connectivity index (χ3n) is 7.10. The van der Waals surface area contributed by atoms with Gasteiger partial charge in [0, 0.05) is 5.92 Å². The number of pyridine rings is 1. The van der Waals surface area contributed by atoms with Gasteiger partial charge in [-0.2, -0.15) is 0 Å². The molecule has 3 heterocycles. The third-order valence-corrected chi connectivity index (χ3v) is 7.10. The lowest BCUT2D eigenvalue weighted by atomic mass is 9.92. The normalized spacial score (nSPS) is 21.0. The Morgan fingerprint density at radius 2 is 1.76 bits per heavy atom. The molecule has 1 amide bonds. The van der Waals surface area contributed by atoms with Crippen molar-refractivity contribution in [3.05, 3.63) is 95.1 Å². The fraction of sp³-hybridized carbons (Fsp3) is 0.286. The molecule has 172 valence electrons. The predicted molar refractivity (Wildman–Crippen MR) is 127 cm³/mol. The first-order valence-electron chi connectivity index (χ1n) is 11.7. The summed E-state index contributed by atoms with van der Waals surface area (Å²) in [5.74, 6) is -0.293.